The lowest BCUT2D eigenvalue weighted by Gasteiger charge is -1.77. The molecule has 0 unspecified atom stereocenters. The minimum absolute atomic E-state index is 1.02. The van der Waals surface area contributed by atoms with E-state index in [9.17, 15) is 0 Å². The molecule has 0 aromatic carbocycles. The second-order valence-corrected chi connectivity index (χ2v) is 2.13. The van der Waals surface area contributed by atoms with Gasteiger partial charge in [0.2, 0.25) is 0 Å². The van der Waals surface area contributed by atoms with Crippen molar-refractivity contribution in [3.63, 3.8) is 0 Å². The van der Waals surface area contributed by atoms with Crippen molar-refractivity contribution in [3.05, 3.63) is 5.75 Å². The van der Waals surface area contributed by atoms with Crippen LogP contribution in [0.3, 0.4) is 0 Å². The fourth-order valence-electron chi connectivity index (χ4n) is 0.298. The van der Waals surface area contributed by atoms with Gasteiger partial charge in [0.25, 0.3) is 0 Å². The first-order valence-electron chi connectivity index (χ1n) is 2.74. The van der Waals surface area contributed by atoms with Crippen LogP contribution in [-0.4, -0.2) is 6.26 Å². The van der Waals surface area contributed by atoms with E-state index in [1.807, 2.05) is 12.0 Å². The lowest BCUT2D eigenvalue weighted by Crippen LogP contribution is -1.61. The standard InChI is InChI=1S/C7H11S/c1-3-4-5-6-7-8-2/h7H,3-4H2,1-2H3. The second kappa shape index (κ2) is 6.91. The number of unbranched alkanes of at least 4 members (excludes halogenated alkanes) is 1. The van der Waals surface area contributed by atoms with Gasteiger partial charge in [-0.1, -0.05) is 12.8 Å². The van der Waals surface area contributed by atoms with Gasteiger partial charge in [-0.2, -0.15) is 0 Å². The molecule has 0 aliphatic rings. The minimum atomic E-state index is 1.02. The maximum absolute atomic E-state index is 3.01. The van der Waals surface area contributed by atoms with Crippen molar-refractivity contribution < 1.29 is 0 Å². The smallest absolute Gasteiger partial charge is 0.0882 e. The van der Waals surface area contributed by atoms with Gasteiger partial charge in [0, 0.05) is 6.42 Å². The van der Waals surface area contributed by atoms with Gasteiger partial charge < -0.3 is 0 Å². The van der Waals surface area contributed by atoms with Crippen molar-refractivity contribution >= 4 is 11.8 Å². The Morgan fingerprint density at radius 1 is 1.62 bits per heavy atom. The van der Waals surface area contributed by atoms with Gasteiger partial charge in [-0.05, 0) is 12.7 Å². The molecule has 0 saturated carbocycles. The quantitative estimate of drug-likeness (QED) is 0.513. The zero-order valence-electron chi connectivity index (χ0n) is 5.40. The molecule has 0 nitrogen and oxygen atoms in total. The summed E-state index contributed by atoms with van der Waals surface area (Å²) in [5, 5.41) is 0. The Kier molecular flexibility index (Phi) is 6.83. The van der Waals surface area contributed by atoms with Crippen LogP contribution >= 0.6 is 11.8 Å². The molecule has 1 radical (unpaired) electrons. The molecule has 0 aliphatic carbocycles. The summed E-state index contributed by atoms with van der Waals surface area (Å²) in [6.07, 6.45) is 4.20. The number of hydrogen-bond donors (Lipinski definition) is 0. The van der Waals surface area contributed by atoms with Crippen molar-refractivity contribution in [2.45, 2.75) is 19.8 Å². The highest BCUT2D eigenvalue weighted by Gasteiger charge is 1.70. The van der Waals surface area contributed by atoms with Crippen molar-refractivity contribution in [2.75, 3.05) is 6.26 Å². The fourth-order valence-corrected chi connectivity index (χ4v) is 0.499. The number of thioether (sulfide) groups is 1. The molecular formula is C7H11S. The maximum Gasteiger partial charge on any atom is 0.0882 e. The molecule has 8 heavy (non-hydrogen) atoms. The van der Waals surface area contributed by atoms with Crippen LogP contribution in [0.15, 0.2) is 0 Å². The Morgan fingerprint density at radius 3 is 2.88 bits per heavy atom. The van der Waals surface area contributed by atoms with Crippen molar-refractivity contribution in [2.24, 2.45) is 0 Å². The third-order valence-corrected chi connectivity index (χ3v) is 1.01. The molecule has 0 heterocycles. The zero-order chi connectivity index (χ0) is 6.24. The van der Waals surface area contributed by atoms with E-state index < -0.39 is 0 Å². The van der Waals surface area contributed by atoms with Crippen LogP contribution in [0, 0.1) is 17.6 Å². The third kappa shape index (κ3) is 5.91. The normalized spacial score (nSPS) is 7.75. The molecule has 0 bridgehead atoms. The Morgan fingerprint density at radius 2 is 2.38 bits per heavy atom. The van der Waals surface area contributed by atoms with Crippen LogP contribution in [0.25, 0.3) is 0 Å². The summed E-state index contributed by atoms with van der Waals surface area (Å²) in [5.74, 6) is 7.85. The average molecular weight is 127 g/mol. The van der Waals surface area contributed by atoms with Crippen molar-refractivity contribution in [1.82, 2.24) is 0 Å². The molecule has 0 N–H and O–H groups in total. The van der Waals surface area contributed by atoms with E-state index in [4.69, 9.17) is 0 Å². The van der Waals surface area contributed by atoms with Gasteiger partial charge >= 0.3 is 0 Å². The highest BCUT2D eigenvalue weighted by atomic mass is 32.2. The molecule has 0 spiro atoms. The molecule has 0 atom stereocenters. The highest BCUT2D eigenvalue weighted by molar-refractivity contribution is 8.00. The first kappa shape index (κ1) is 7.91. The van der Waals surface area contributed by atoms with E-state index in [0.717, 1.165) is 12.8 Å². The minimum Gasteiger partial charge on any atom is -0.147 e. The summed E-state index contributed by atoms with van der Waals surface area (Å²) < 4.78 is 0. The summed E-state index contributed by atoms with van der Waals surface area (Å²) in [5.41, 5.74) is 0. The third-order valence-electron chi connectivity index (χ3n) is 0.654. The second-order valence-electron chi connectivity index (χ2n) is 1.42. The highest BCUT2D eigenvalue weighted by Crippen LogP contribution is 1.94. The van der Waals surface area contributed by atoms with Crippen LogP contribution in [0.2, 0.25) is 0 Å². The Bertz CT molecular complexity index is 76.3. The van der Waals surface area contributed by atoms with Crippen LogP contribution in [0.1, 0.15) is 19.8 Å². The number of rotatable bonds is 2. The van der Waals surface area contributed by atoms with E-state index in [1.165, 1.54) is 0 Å². The van der Waals surface area contributed by atoms with Gasteiger partial charge in [0.1, 0.15) is 0 Å². The van der Waals surface area contributed by atoms with Crippen LogP contribution < -0.4 is 0 Å². The van der Waals surface area contributed by atoms with E-state index >= 15 is 0 Å². The summed E-state index contributed by atoms with van der Waals surface area (Å²) in [6, 6.07) is 0. The van der Waals surface area contributed by atoms with Gasteiger partial charge in [-0.15, -0.1) is 17.7 Å². The molecule has 0 fully saturated rings. The SMILES string of the molecule is CCCC#C[CH]SC. The summed E-state index contributed by atoms with van der Waals surface area (Å²) in [4.78, 5) is 0. The Balaban J connectivity index is 2.95. The fraction of sp³-hybridized carbons (Fsp3) is 0.571. The van der Waals surface area contributed by atoms with Crippen LogP contribution in [-0.2, 0) is 0 Å². The molecule has 0 rings (SSSR count). The molecule has 1 heteroatoms. The van der Waals surface area contributed by atoms with E-state index in [0.29, 0.717) is 0 Å². The van der Waals surface area contributed by atoms with E-state index in [-0.39, 0.29) is 0 Å². The average Bonchev–Trinajstić information content (AvgIpc) is 1.81. The van der Waals surface area contributed by atoms with Crippen LogP contribution in [0.4, 0.5) is 0 Å². The summed E-state index contributed by atoms with van der Waals surface area (Å²) in [7, 11) is 0. The van der Waals surface area contributed by atoms with Gasteiger partial charge in [0.15, 0.2) is 0 Å². The van der Waals surface area contributed by atoms with Gasteiger partial charge in [-0.25, -0.2) is 0 Å². The lowest BCUT2D eigenvalue weighted by atomic mass is 10.3. The first-order valence-corrected chi connectivity index (χ1v) is 4.03. The monoisotopic (exact) mass is 127 g/mol. The largest absolute Gasteiger partial charge is 0.147 e. The topological polar surface area (TPSA) is 0 Å². The molecule has 0 aromatic rings. The zero-order valence-corrected chi connectivity index (χ0v) is 6.22. The maximum atomic E-state index is 3.01. The molecule has 0 saturated heterocycles. The molecule has 45 valence electrons. The first-order chi connectivity index (χ1) is 3.91. The lowest BCUT2D eigenvalue weighted by molar-refractivity contribution is 0.983. The van der Waals surface area contributed by atoms with E-state index in [2.05, 4.69) is 18.8 Å². The van der Waals surface area contributed by atoms with Crippen molar-refractivity contribution in [1.29, 1.82) is 0 Å². The predicted octanol–water partition coefficient (Wildman–Crippen LogP) is 2.31. The molecule has 0 aromatic heterocycles. The molecule has 0 amide bonds. The molecular weight excluding hydrogens is 116 g/mol. The summed E-state index contributed by atoms with van der Waals surface area (Å²) in [6.45, 7) is 2.13. The van der Waals surface area contributed by atoms with Gasteiger partial charge in [-0.3, -0.25) is 0 Å². The summed E-state index contributed by atoms with van der Waals surface area (Å²) >= 11 is 1.65. The number of hydrogen-bond acceptors (Lipinski definition) is 1. The van der Waals surface area contributed by atoms with Crippen LogP contribution in [0.5, 0.6) is 0 Å². The van der Waals surface area contributed by atoms with E-state index in [1.54, 1.807) is 11.8 Å². The van der Waals surface area contributed by atoms with Crippen molar-refractivity contribution in [3.8, 4) is 11.8 Å². The Labute approximate surface area is 56.1 Å². The Hall–Kier alpha value is -0.0900. The predicted molar refractivity (Wildman–Crippen MR) is 40.5 cm³/mol. The van der Waals surface area contributed by atoms with Gasteiger partial charge in [0.05, 0.1) is 5.75 Å². The molecule has 0 aliphatic heterocycles.